The molecule has 0 radical (unpaired) electrons. The number of carbonyl (C=O) groups excluding carboxylic acids is 1. The molecule has 0 aromatic carbocycles. The lowest BCUT2D eigenvalue weighted by molar-refractivity contribution is 0.0946. The molecule has 0 bridgehead atoms. The summed E-state index contributed by atoms with van der Waals surface area (Å²) in [5.74, 6) is 2.02. The highest BCUT2D eigenvalue weighted by molar-refractivity contribution is 5.91. The molecular formula is C16H26N4O. The maximum atomic E-state index is 11.9. The minimum absolute atomic E-state index is 0.137. The molecule has 2 heterocycles. The van der Waals surface area contributed by atoms with Crippen molar-refractivity contribution in [1.82, 2.24) is 15.3 Å². The molecular weight excluding hydrogens is 264 g/mol. The van der Waals surface area contributed by atoms with Crippen LogP contribution in [-0.4, -0.2) is 35.5 Å². The Hall–Kier alpha value is -1.65. The Morgan fingerprint density at radius 1 is 1.43 bits per heavy atom. The number of nitrogens with zero attached hydrogens (tertiary/aromatic N) is 3. The van der Waals surface area contributed by atoms with Gasteiger partial charge in [0.15, 0.2) is 0 Å². The fourth-order valence-electron chi connectivity index (χ4n) is 2.56. The predicted molar refractivity (Wildman–Crippen MR) is 84.4 cm³/mol. The molecule has 0 spiro atoms. The standard InChI is InChI=1S/C16H26N4O/c1-12(2)6-7-17-16(21)14-9-19-15(10-18-14)20-8-4-5-13(3)11-20/h9-10,12-13H,4-8,11H2,1-3H3,(H,17,21). The van der Waals surface area contributed by atoms with E-state index in [0.717, 1.165) is 25.3 Å². The summed E-state index contributed by atoms with van der Waals surface area (Å²) >= 11 is 0. The van der Waals surface area contributed by atoms with Crippen LogP contribution in [0.15, 0.2) is 12.4 Å². The van der Waals surface area contributed by atoms with Crippen molar-refractivity contribution in [3.63, 3.8) is 0 Å². The highest BCUT2D eigenvalue weighted by atomic mass is 16.1. The van der Waals surface area contributed by atoms with Gasteiger partial charge in [-0.25, -0.2) is 9.97 Å². The minimum Gasteiger partial charge on any atom is -0.355 e. The first-order chi connectivity index (χ1) is 10.1. The van der Waals surface area contributed by atoms with Gasteiger partial charge in [-0.2, -0.15) is 0 Å². The number of anilines is 1. The molecule has 1 N–H and O–H groups in total. The Balaban J connectivity index is 1.90. The molecule has 21 heavy (non-hydrogen) atoms. The van der Waals surface area contributed by atoms with Crippen LogP contribution in [0.1, 0.15) is 50.5 Å². The van der Waals surface area contributed by atoms with E-state index in [1.165, 1.54) is 12.8 Å². The summed E-state index contributed by atoms with van der Waals surface area (Å²) in [6.45, 7) is 9.27. The van der Waals surface area contributed by atoms with Crippen molar-refractivity contribution >= 4 is 11.7 Å². The molecule has 1 aromatic rings. The van der Waals surface area contributed by atoms with Crippen LogP contribution in [0.4, 0.5) is 5.82 Å². The van der Waals surface area contributed by atoms with E-state index in [1.54, 1.807) is 12.4 Å². The van der Waals surface area contributed by atoms with Crippen molar-refractivity contribution in [1.29, 1.82) is 0 Å². The first-order valence-electron chi connectivity index (χ1n) is 7.91. The lowest BCUT2D eigenvalue weighted by Gasteiger charge is -2.31. The van der Waals surface area contributed by atoms with Crippen LogP contribution in [0.5, 0.6) is 0 Å². The van der Waals surface area contributed by atoms with Gasteiger partial charge in [0.1, 0.15) is 11.5 Å². The van der Waals surface area contributed by atoms with Gasteiger partial charge >= 0.3 is 0 Å². The maximum Gasteiger partial charge on any atom is 0.271 e. The molecule has 0 aliphatic carbocycles. The summed E-state index contributed by atoms with van der Waals surface area (Å²) in [5.41, 5.74) is 0.396. The van der Waals surface area contributed by atoms with Crippen molar-refractivity contribution in [3.8, 4) is 0 Å². The number of carbonyl (C=O) groups is 1. The number of nitrogens with one attached hydrogen (secondary N) is 1. The van der Waals surface area contributed by atoms with Crippen LogP contribution in [0.3, 0.4) is 0 Å². The largest absolute Gasteiger partial charge is 0.355 e. The zero-order valence-electron chi connectivity index (χ0n) is 13.3. The van der Waals surface area contributed by atoms with Crippen molar-refractivity contribution < 1.29 is 4.79 Å². The van der Waals surface area contributed by atoms with E-state index in [-0.39, 0.29) is 5.91 Å². The summed E-state index contributed by atoms with van der Waals surface area (Å²) in [5, 5.41) is 2.88. The van der Waals surface area contributed by atoms with Crippen LogP contribution in [0, 0.1) is 11.8 Å². The van der Waals surface area contributed by atoms with E-state index < -0.39 is 0 Å². The third-order valence-corrected chi connectivity index (χ3v) is 3.86. The molecule has 1 aliphatic rings. The number of aromatic nitrogens is 2. The fourth-order valence-corrected chi connectivity index (χ4v) is 2.56. The second-order valence-electron chi connectivity index (χ2n) is 6.39. The van der Waals surface area contributed by atoms with Gasteiger partial charge in [0, 0.05) is 19.6 Å². The van der Waals surface area contributed by atoms with E-state index in [2.05, 4.69) is 41.0 Å². The Morgan fingerprint density at radius 3 is 2.86 bits per heavy atom. The molecule has 5 nitrogen and oxygen atoms in total. The zero-order chi connectivity index (χ0) is 15.2. The number of piperidine rings is 1. The van der Waals surface area contributed by atoms with Crippen molar-refractivity contribution in [2.45, 2.75) is 40.0 Å². The highest BCUT2D eigenvalue weighted by Crippen LogP contribution is 2.20. The van der Waals surface area contributed by atoms with Crippen LogP contribution in [-0.2, 0) is 0 Å². The smallest absolute Gasteiger partial charge is 0.271 e. The molecule has 1 unspecified atom stereocenters. The second kappa shape index (κ2) is 7.38. The monoisotopic (exact) mass is 290 g/mol. The van der Waals surface area contributed by atoms with E-state index in [1.807, 2.05) is 0 Å². The maximum absolute atomic E-state index is 11.9. The molecule has 2 rings (SSSR count). The quantitative estimate of drug-likeness (QED) is 0.905. The van der Waals surface area contributed by atoms with E-state index in [9.17, 15) is 4.79 Å². The molecule has 116 valence electrons. The first-order valence-corrected chi connectivity index (χ1v) is 7.91. The third kappa shape index (κ3) is 4.69. The van der Waals surface area contributed by atoms with Crippen molar-refractivity contribution in [3.05, 3.63) is 18.1 Å². The Labute approximate surface area is 127 Å². The lowest BCUT2D eigenvalue weighted by atomic mass is 10.0. The Morgan fingerprint density at radius 2 is 2.24 bits per heavy atom. The molecule has 0 saturated carbocycles. The third-order valence-electron chi connectivity index (χ3n) is 3.86. The Kier molecular flexibility index (Phi) is 5.53. The average Bonchev–Trinajstić information content (AvgIpc) is 2.47. The van der Waals surface area contributed by atoms with Crippen molar-refractivity contribution in [2.75, 3.05) is 24.5 Å². The van der Waals surface area contributed by atoms with Gasteiger partial charge in [-0.05, 0) is 31.1 Å². The number of rotatable bonds is 5. The molecule has 1 aliphatic heterocycles. The van der Waals surface area contributed by atoms with E-state index in [4.69, 9.17) is 0 Å². The van der Waals surface area contributed by atoms with Crippen LogP contribution >= 0.6 is 0 Å². The summed E-state index contributed by atoms with van der Waals surface area (Å²) in [6, 6.07) is 0. The molecule has 1 amide bonds. The molecule has 5 heteroatoms. The molecule has 1 aromatic heterocycles. The highest BCUT2D eigenvalue weighted by Gasteiger charge is 2.18. The Bertz CT molecular complexity index is 458. The van der Waals surface area contributed by atoms with Crippen LogP contribution in [0.25, 0.3) is 0 Å². The number of hydrogen-bond donors (Lipinski definition) is 1. The molecule has 1 saturated heterocycles. The topological polar surface area (TPSA) is 58.1 Å². The average molecular weight is 290 g/mol. The first kappa shape index (κ1) is 15.7. The van der Waals surface area contributed by atoms with Gasteiger partial charge in [-0.1, -0.05) is 20.8 Å². The minimum atomic E-state index is -0.137. The van der Waals surface area contributed by atoms with E-state index >= 15 is 0 Å². The summed E-state index contributed by atoms with van der Waals surface area (Å²) in [4.78, 5) is 22.9. The van der Waals surface area contributed by atoms with Gasteiger partial charge in [0.2, 0.25) is 0 Å². The second-order valence-corrected chi connectivity index (χ2v) is 6.39. The number of hydrogen-bond acceptors (Lipinski definition) is 4. The number of amides is 1. The van der Waals surface area contributed by atoms with Crippen LogP contribution in [0.2, 0.25) is 0 Å². The summed E-state index contributed by atoms with van der Waals surface area (Å²) in [7, 11) is 0. The lowest BCUT2D eigenvalue weighted by Crippen LogP contribution is -2.35. The normalized spacial score (nSPS) is 18.9. The fraction of sp³-hybridized carbons (Fsp3) is 0.688. The van der Waals surface area contributed by atoms with Gasteiger partial charge < -0.3 is 10.2 Å². The van der Waals surface area contributed by atoms with Gasteiger partial charge in [-0.15, -0.1) is 0 Å². The summed E-state index contributed by atoms with van der Waals surface area (Å²) in [6.07, 6.45) is 6.75. The predicted octanol–water partition coefficient (Wildman–Crippen LogP) is 2.49. The zero-order valence-corrected chi connectivity index (χ0v) is 13.3. The SMILES string of the molecule is CC(C)CCNC(=O)c1cnc(N2CCCC(C)C2)cn1. The van der Waals surface area contributed by atoms with Crippen molar-refractivity contribution in [2.24, 2.45) is 11.8 Å². The summed E-state index contributed by atoms with van der Waals surface area (Å²) < 4.78 is 0. The molecule has 1 atom stereocenters. The molecule has 1 fully saturated rings. The van der Waals surface area contributed by atoms with Crippen LogP contribution < -0.4 is 10.2 Å². The van der Waals surface area contributed by atoms with E-state index in [0.29, 0.717) is 24.1 Å². The van der Waals surface area contributed by atoms with Gasteiger partial charge in [0.05, 0.1) is 12.4 Å². The van der Waals surface area contributed by atoms with Gasteiger partial charge in [0.25, 0.3) is 5.91 Å². The van der Waals surface area contributed by atoms with Gasteiger partial charge in [-0.3, -0.25) is 4.79 Å².